The van der Waals surface area contributed by atoms with Gasteiger partial charge in [-0.05, 0) is 27.3 Å². The molecule has 0 amide bonds. The highest BCUT2D eigenvalue weighted by Crippen LogP contribution is 2.19. The fourth-order valence-corrected chi connectivity index (χ4v) is 2.33. The number of nitrogens with zero attached hydrogens (tertiary/aromatic N) is 1. The Morgan fingerprint density at radius 3 is 2.60 bits per heavy atom. The van der Waals surface area contributed by atoms with Crippen molar-refractivity contribution in [2.75, 3.05) is 33.4 Å². The second-order valence-corrected chi connectivity index (χ2v) is 4.93. The fraction of sp³-hybridized carbons (Fsp3) is 1.00. The topological polar surface area (TPSA) is 33.7 Å². The minimum atomic E-state index is -0.398. The summed E-state index contributed by atoms with van der Waals surface area (Å²) in [6.07, 6.45) is 1.21. The summed E-state index contributed by atoms with van der Waals surface area (Å²) in [6, 6.07) is 1.26. The molecule has 0 aromatic heterocycles. The number of ether oxygens (including phenoxy) is 2. The van der Waals surface area contributed by atoms with Gasteiger partial charge in [-0.25, -0.2) is 0 Å². The van der Waals surface area contributed by atoms with Gasteiger partial charge in [0.15, 0.2) is 5.79 Å². The van der Waals surface area contributed by atoms with Gasteiger partial charge in [0.2, 0.25) is 0 Å². The lowest BCUT2D eigenvalue weighted by Crippen LogP contribution is -2.44. The van der Waals surface area contributed by atoms with E-state index in [0.717, 1.165) is 26.3 Å². The molecule has 0 bridgehead atoms. The van der Waals surface area contributed by atoms with E-state index in [1.165, 1.54) is 6.42 Å². The molecule has 4 nitrogen and oxygen atoms in total. The van der Waals surface area contributed by atoms with Crippen LogP contribution in [-0.4, -0.2) is 56.1 Å². The van der Waals surface area contributed by atoms with Crippen LogP contribution in [0.1, 0.15) is 20.3 Å². The monoisotopic (exact) mass is 214 g/mol. The van der Waals surface area contributed by atoms with E-state index in [0.29, 0.717) is 12.1 Å². The summed E-state index contributed by atoms with van der Waals surface area (Å²) in [6.45, 7) is 7.63. The highest BCUT2D eigenvalue weighted by atomic mass is 16.7. The molecule has 1 N–H and O–H groups in total. The lowest BCUT2D eigenvalue weighted by Gasteiger charge is -2.24. The Balaban J connectivity index is 1.74. The molecule has 2 rings (SSSR count). The van der Waals surface area contributed by atoms with Gasteiger partial charge in [-0.15, -0.1) is 0 Å². The number of likely N-dealkylation sites (tertiary alicyclic amines) is 1. The molecule has 4 heteroatoms. The third-order valence-electron chi connectivity index (χ3n) is 3.50. The zero-order chi connectivity index (χ0) is 10.9. The molecule has 2 aliphatic rings. The molecule has 0 aromatic rings. The largest absolute Gasteiger partial charge is 0.347 e. The number of likely N-dealkylation sites (N-methyl/N-ethyl adjacent to an activating group) is 1. The second-order valence-electron chi connectivity index (χ2n) is 4.93. The normalized spacial score (nSPS) is 36.2. The molecule has 2 fully saturated rings. The first-order chi connectivity index (χ1) is 7.09. The Kier molecular flexibility index (Phi) is 3.30. The van der Waals surface area contributed by atoms with Gasteiger partial charge in [-0.2, -0.15) is 0 Å². The van der Waals surface area contributed by atoms with Crippen LogP contribution in [-0.2, 0) is 9.47 Å². The summed E-state index contributed by atoms with van der Waals surface area (Å²) in [5, 5.41) is 3.53. The molecule has 0 aromatic carbocycles. The SMILES string of the molecule is CC1CC(NCC2(C)OCCO2)CN1C. The van der Waals surface area contributed by atoms with Crippen molar-refractivity contribution in [1.82, 2.24) is 10.2 Å². The van der Waals surface area contributed by atoms with E-state index in [1.807, 2.05) is 6.92 Å². The summed E-state index contributed by atoms with van der Waals surface area (Å²) in [5.74, 6) is -0.398. The Hall–Kier alpha value is -0.160. The highest BCUT2D eigenvalue weighted by Gasteiger charge is 2.33. The van der Waals surface area contributed by atoms with Crippen LogP contribution in [0, 0.1) is 0 Å². The molecule has 2 unspecified atom stereocenters. The van der Waals surface area contributed by atoms with Crippen molar-refractivity contribution in [3.63, 3.8) is 0 Å². The van der Waals surface area contributed by atoms with Crippen LogP contribution in [0.3, 0.4) is 0 Å². The standard InChI is InChI=1S/C11H22N2O2/c1-9-6-10(7-13(9)3)12-8-11(2)14-4-5-15-11/h9-10,12H,4-8H2,1-3H3. The van der Waals surface area contributed by atoms with Gasteiger partial charge in [0.1, 0.15) is 0 Å². The zero-order valence-corrected chi connectivity index (χ0v) is 9.95. The molecule has 2 saturated heterocycles. The van der Waals surface area contributed by atoms with Crippen molar-refractivity contribution in [2.45, 2.75) is 38.1 Å². The molecule has 0 saturated carbocycles. The smallest absolute Gasteiger partial charge is 0.178 e. The van der Waals surface area contributed by atoms with Gasteiger partial charge in [0.05, 0.1) is 13.2 Å². The van der Waals surface area contributed by atoms with Crippen molar-refractivity contribution in [1.29, 1.82) is 0 Å². The molecule has 0 radical (unpaired) electrons. The van der Waals surface area contributed by atoms with Gasteiger partial charge < -0.3 is 19.7 Å². The fourth-order valence-electron chi connectivity index (χ4n) is 2.33. The molecule has 2 heterocycles. The van der Waals surface area contributed by atoms with Crippen molar-refractivity contribution >= 4 is 0 Å². The molecule has 0 spiro atoms. The second kappa shape index (κ2) is 4.37. The van der Waals surface area contributed by atoms with Crippen molar-refractivity contribution in [3.8, 4) is 0 Å². The summed E-state index contributed by atoms with van der Waals surface area (Å²) in [4.78, 5) is 2.39. The van der Waals surface area contributed by atoms with Gasteiger partial charge >= 0.3 is 0 Å². The summed E-state index contributed by atoms with van der Waals surface area (Å²) >= 11 is 0. The van der Waals surface area contributed by atoms with Crippen LogP contribution in [0.25, 0.3) is 0 Å². The minimum absolute atomic E-state index is 0.398. The van der Waals surface area contributed by atoms with Crippen LogP contribution in [0.2, 0.25) is 0 Å². The highest BCUT2D eigenvalue weighted by molar-refractivity contribution is 4.86. The zero-order valence-electron chi connectivity index (χ0n) is 9.95. The minimum Gasteiger partial charge on any atom is -0.347 e. The molecule has 2 atom stereocenters. The lowest BCUT2D eigenvalue weighted by molar-refractivity contribution is -0.139. The first-order valence-electron chi connectivity index (χ1n) is 5.81. The maximum atomic E-state index is 5.56. The van der Waals surface area contributed by atoms with E-state index in [4.69, 9.17) is 9.47 Å². The van der Waals surface area contributed by atoms with Crippen LogP contribution < -0.4 is 5.32 Å². The predicted molar refractivity (Wildman–Crippen MR) is 58.8 cm³/mol. The van der Waals surface area contributed by atoms with E-state index in [-0.39, 0.29) is 0 Å². The maximum absolute atomic E-state index is 5.56. The van der Waals surface area contributed by atoms with Gasteiger partial charge in [0.25, 0.3) is 0 Å². The average molecular weight is 214 g/mol. The Morgan fingerprint density at radius 1 is 1.40 bits per heavy atom. The molecule has 88 valence electrons. The van der Waals surface area contributed by atoms with Gasteiger partial charge in [-0.1, -0.05) is 0 Å². The number of rotatable bonds is 3. The predicted octanol–water partition coefficient (Wildman–Crippen LogP) is 0.432. The molecule has 2 aliphatic heterocycles. The van der Waals surface area contributed by atoms with E-state index in [2.05, 4.69) is 24.2 Å². The van der Waals surface area contributed by atoms with Crippen LogP contribution in [0.15, 0.2) is 0 Å². The summed E-state index contributed by atoms with van der Waals surface area (Å²) in [5.41, 5.74) is 0. The molecule has 0 aliphatic carbocycles. The third kappa shape index (κ3) is 2.69. The molecular weight excluding hydrogens is 192 g/mol. The summed E-state index contributed by atoms with van der Waals surface area (Å²) in [7, 11) is 2.18. The number of hydrogen-bond donors (Lipinski definition) is 1. The maximum Gasteiger partial charge on any atom is 0.178 e. The average Bonchev–Trinajstić information content (AvgIpc) is 2.73. The van der Waals surface area contributed by atoms with Crippen molar-refractivity contribution in [2.24, 2.45) is 0 Å². The Morgan fingerprint density at radius 2 is 2.07 bits per heavy atom. The van der Waals surface area contributed by atoms with E-state index < -0.39 is 5.79 Å². The molecule has 15 heavy (non-hydrogen) atoms. The first kappa shape index (κ1) is 11.3. The first-order valence-corrected chi connectivity index (χ1v) is 5.81. The van der Waals surface area contributed by atoms with E-state index >= 15 is 0 Å². The summed E-state index contributed by atoms with van der Waals surface area (Å²) < 4.78 is 11.1. The van der Waals surface area contributed by atoms with Crippen LogP contribution >= 0.6 is 0 Å². The van der Waals surface area contributed by atoms with Crippen molar-refractivity contribution in [3.05, 3.63) is 0 Å². The lowest BCUT2D eigenvalue weighted by atomic mass is 10.2. The third-order valence-corrected chi connectivity index (χ3v) is 3.50. The number of nitrogens with one attached hydrogen (secondary N) is 1. The van der Waals surface area contributed by atoms with E-state index in [9.17, 15) is 0 Å². The van der Waals surface area contributed by atoms with Gasteiger partial charge in [-0.3, -0.25) is 0 Å². The molecular formula is C11H22N2O2. The Labute approximate surface area is 91.9 Å². The van der Waals surface area contributed by atoms with Crippen LogP contribution in [0.4, 0.5) is 0 Å². The van der Waals surface area contributed by atoms with Gasteiger partial charge in [0, 0.05) is 25.2 Å². The van der Waals surface area contributed by atoms with Crippen molar-refractivity contribution < 1.29 is 9.47 Å². The quantitative estimate of drug-likeness (QED) is 0.739. The van der Waals surface area contributed by atoms with Crippen LogP contribution in [0.5, 0.6) is 0 Å². The Bertz CT molecular complexity index is 207. The number of hydrogen-bond acceptors (Lipinski definition) is 4. The van der Waals surface area contributed by atoms with E-state index in [1.54, 1.807) is 0 Å².